The van der Waals surface area contributed by atoms with Crippen LogP contribution >= 0.6 is 0 Å². The quantitative estimate of drug-likeness (QED) is 0.427. The van der Waals surface area contributed by atoms with Gasteiger partial charge in [-0.25, -0.2) is 0 Å². The lowest BCUT2D eigenvalue weighted by molar-refractivity contribution is 0.139. The highest BCUT2D eigenvalue weighted by atomic mass is 15.3. The van der Waals surface area contributed by atoms with Gasteiger partial charge in [0.15, 0.2) is 0 Å². The third-order valence-corrected chi connectivity index (χ3v) is 9.43. The largest absolute Gasteiger partial charge is 0.368 e. The minimum atomic E-state index is 0.580. The van der Waals surface area contributed by atoms with Crippen LogP contribution in [0.15, 0.2) is 70.3 Å². The molecule has 168 valence electrons. The van der Waals surface area contributed by atoms with Gasteiger partial charge in [-0.15, -0.1) is 0 Å². The molecule has 0 aromatic heterocycles. The lowest BCUT2D eigenvalue weighted by Crippen LogP contribution is -2.47. The van der Waals surface area contributed by atoms with Crippen molar-refractivity contribution in [2.24, 2.45) is 5.92 Å². The summed E-state index contributed by atoms with van der Waals surface area (Å²) in [6, 6.07) is 2.01. The van der Waals surface area contributed by atoms with Crippen molar-refractivity contribution in [1.82, 2.24) is 9.80 Å². The predicted molar refractivity (Wildman–Crippen MR) is 132 cm³/mol. The summed E-state index contributed by atoms with van der Waals surface area (Å²) in [5.41, 5.74) is 10.3. The van der Waals surface area contributed by atoms with Gasteiger partial charge in [0.05, 0.1) is 6.04 Å². The van der Waals surface area contributed by atoms with Gasteiger partial charge in [0, 0.05) is 35.1 Å². The third kappa shape index (κ3) is 2.90. The molecule has 7 rings (SSSR count). The smallest absolute Gasteiger partial charge is 0.0608 e. The van der Waals surface area contributed by atoms with Crippen molar-refractivity contribution in [3.63, 3.8) is 0 Å². The molecule has 2 aliphatic heterocycles. The number of nitrogens with zero attached hydrogens (tertiary/aromatic N) is 2. The first kappa shape index (κ1) is 19.5. The molecule has 4 atom stereocenters. The Balaban J connectivity index is 1.31. The Morgan fingerprint density at radius 1 is 0.812 bits per heavy atom. The molecule has 7 aliphatic rings. The molecule has 0 bridgehead atoms. The van der Waals surface area contributed by atoms with Crippen molar-refractivity contribution in [3.8, 4) is 0 Å². The summed E-state index contributed by atoms with van der Waals surface area (Å²) in [6.45, 7) is 0. The fraction of sp³-hybridized carbons (Fsp3) is 0.600. The van der Waals surface area contributed by atoms with E-state index in [-0.39, 0.29) is 0 Å². The van der Waals surface area contributed by atoms with Crippen molar-refractivity contribution in [1.29, 1.82) is 0 Å². The molecule has 32 heavy (non-hydrogen) atoms. The van der Waals surface area contributed by atoms with Gasteiger partial charge in [0.25, 0.3) is 0 Å². The van der Waals surface area contributed by atoms with Crippen molar-refractivity contribution in [2.45, 2.75) is 108 Å². The molecule has 0 amide bonds. The molecule has 0 aromatic rings. The third-order valence-electron chi connectivity index (χ3n) is 9.43. The van der Waals surface area contributed by atoms with E-state index in [1.54, 1.807) is 22.5 Å². The monoisotopic (exact) mass is 426 g/mol. The Labute approximate surface area is 194 Å². The summed E-state index contributed by atoms with van der Waals surface area (Å²) in [5.74, 6) is 0.689. The molecule has 0 aromatic carbocycles. The van der Waals surface area contributed by atoms with E-state index in [1.807, 2.05) is 5.57 Å². The van der Waals surface area contributed by atoms with Gasteiger partial charge in [0.1, 0.15) is 0 Å². The predicted octanol–water partition coefficient (Wildman–Crippen LogP) is 7.30. The molecule has 2 heterocycles. The molecule has 4 unspecified atom stereocenters. The van der Waals surface area contributed by atoms with Gasteiger partial charge in [0.2, 0.25) is 0 Å². The van der Waals surface area contributed by atoms with E-state index in [0.29, 0.717) is 18.0 Å². The molecule has 0 fully saturated rings. The fourth-order valence-corrected chi connectivity index (χ4v) is 8.14. The standard InChI is InChI=1S/C30H38N2/c1-3-11-21(12-4-1)31-27-17-9-7-15-23(27)25-19-26-24-16-8-10-18-28(24)32(30(26)20-29(25)31)22-13-5-2-6-14-22/h1,3,5,13-14,19,21,25,29-30H,2,4,6-12,15-18,20H2. The number of fused-ring (bicyclic) bond motifs is 4. The fourth-order valence-electron chi connectivity index (χ4n) is 8.14. The molecule has 0 spiro atoms. The van der Waals surface area contributed by atoms with E-state index in [0.717, 1.165) is 6.04 Å². The molecule has 0 N–H and O–H groups in total. The van der Waals surface area contributed by atoms with Crippen LogP contribution in [0.4, 0.5) is 0 Å². The molecule has 2 nitrogen and oxygen atoms in total. The van der Waals surface area contributed by atoms with Crippen LogP contribution in [0.2, 0.25) is 0 Å². The van der Waals surface area contributed by atoms with Crippen molar-refractivity contribution < 1.29 is 0 Å². The molecule has 0 saturated carbocycles. The maximum atomic E-state index is 3.00. The van der Waals surface area contributed by atoms with Gasteiger partial charge < -0.3 is 9.80 Å². The summed E-state index contributed by atoms with van der Waals surface area (Å²) < 4.78 is 0. The highest BCUT2D eigenvalue weighted by Gasteiger charge is 2.50. The first-order chi connectivity index (χ1) is 15.9. The zero-order chi connectivity index (χ0) is 21.1. The van der Waals surface area contributed by atoms with Gasteiger partial charge in [-0.2, -0.15) is 0 Å². The van der Waals surface area contributed by atoms with E-state index in [4.69, 9.17) is 0 Å². The van der Waals surface area contributed by atoms with Gasteiger partial charge >= 0.3 is 0 Å². The maximum Gasteiger partial charge on any atom is 0.0608 e. The number of rotatable bonds is 2. The Bertz CT molecular complexity index is 986. The van der Waals surface area contributed by atoms with E-state index in [2.05, 4.69) is 46.3 Å². The summed E-state index contributed by atoms with van der Waals surface area (Å²) in [7, 11) is 0. The normalized spacial score (nSPS) is 36.0. The molecule has 2 heteroatoms. The summed E-state index contributed by atoms with van der Waals surface area (Å²) in [6.07, 6.45) is 33.5. The van der Waals surface area contributed by atoms with Gasteiger partial charge in [-0.3, -0.25) is 0 Å². The molecule has 5 aliphatic carbocycles. The van der Waals surface area contributed by atoms with Crippen LogP contribution in [0.3, 0.4) is 0 Å². The van der Waals surface area contributed by atoms with Crippen molar-refractivity contribution in [2.75, 3.05) is 0 Å². The average Bonchev–Trinajstić information content (AvgIpc) is 3.36. The minimum Gasteiger partial charge on any atom is -0.368 e. The number of allylic oxidation sites excluding steroid dienone is 6. The Kier molecular flexibility index (Phi) is 4.77. The molecule has 0 radical (unpaired) electrons. The van der Waals surface area contributed by atoms with Crippen LogP contribution < -0.4 is 0 Å². The van der Waals surface area contributed by atoms with Crippen molar-refractivity contribution >= 4 is 0 Å². The van der Waals surface area contributed by atoms with Crippen LogP contribution in [0.1, 0.15) is 89.9 Å². The van der Waals surface area contributed by atoms with Crippen LogP contribution in [0.5, 0.6) is 0 Å². The first-order valence-electron chi connectivity index (χ1n) is 13.7. The first-order valence-corrected chi connectivity index (χ1v) is 13.7. The molecule has 0 saturated heterocycles. The van der Waals surface area contributed by atoms with Crippen LogP contribution in [0, 0.1) is 5.92 Å². The second kappa shape index (κ2) is 7.82. The van der Waals surface area contributed by atoms with E-state index < -0.39 is 0 Å². The Morgan fingerprint density at radius 3 is 2.53 bits per heavy atom. The summed E-state index contributed by atoms with van der Waals surface area (Å²) in [5, 5.41) is 0. The van der Waals surface area contributed by atoms with Gasteiger partial charge in [-0.05, 0) is 113 Å². The van der Waals surface area contributed by atoms with Crippen LogP contribution in [-0.2, 0) is 0 Å². The zero-order valence-corrected chi connectivity index (χ0v) is 19.6. The molecular weight excluding hydrogens is 388 g/mol. The summed E-state index contributed by atoms with van der Waals surface area (Å²) in [4.78, 5) is 5.82. The van der Waals surface area contributed by atoms with E-state index >= 15 is 0 Å². The minimum absolute atomic E-state index is 0.580. The van der Waals surface area contributed by atoms with E-state index in [1.165, 1.54) is 95.6 Å². The Hall–Kier alpha value is -1.96. The lowest BCUT2D eigenvalue weighted by atomic mass is 9.76. The highest BCUT2D eigenvalue weighted by molar-refractivity contribution is 5.53. The summed E-state index contributed by atoms with van der Waals surface area (Å²) >= 11 is 0. The average molecular weight is 427 g/mol. The zero-order valence-electron chi connectivity index (χ0n) is 19.6. The Morgan fingerprint density at radius 2 is 1.69 bits per heavy atom. The maximum absolute atomic E-state index is 3.00. The topological polar surface area (TPSA) is 6.48 Å². The second-order valence-corrected chi connectivity index (χ2v) is 11.1. The second-order valence-electron chi connectivity index (χ2n) is 11.1. The van der Waals surface area contributed by atoms with E-state index in [9.17, 15) is 0 Å². The highest BCUT2D eigenvalue weighted by Crippen LogP contribution is 2.55. The number of hydrogen-bond acceptors (Lipinski definition) is 2. The number of hydrogen-bond donors (Lipinski definition) is 0. The van der Waals surface area contributed by atoms with Crippen molar-refractivity contribution in [3.05, 3.63) is 70.3 Å². The molecular formula is C30H38N2. The van der Waals surface area contributed by atoms with Crippen LogP contribution in [-0.4, -0.2) is 27.9 Å². The SMILES string of the molecule is C1=CC(N2C3=C(CCCC3)C3=CC4C5=C(CCCC5)N(C5CC=CCC5)C4CC32)=CCC1. The van der Waals surface area contributed by atoms with Crippen LogP contribution in [0.25, 0.3) is 0 Å². The van der Waals surface area contributed by atoms with Gasteiger partial charge in [-0.1, -0.05) is 30.4 Å². The lowest BCUT2D eigenvalue weighted by Gasteiger charge is -2.44.